The van der Waals surface area contributed by atoms with Gasteiger partial charge in [-0.3, -0.25) is 9.10 Å². The summed E-state index contributed by atoms with van der Waals surface area (Å²) in [6, 6.07) is 12.4. The number of amides is 1. The number of carbonyl (C=O) groups is 2. The van der Waals surface area contributed by atoms with Crippen LogP contribution in [0.4, 0.5) is 11.4 Å². The Morgan fingerprint density at radius 2 is 1.82 bits per heavy atom. The van der Waals surface area contributed by atoms with Crippen LogP contribution < -0.4 is 9.62 Å². The molecule has 0 saturated carbocycles. The van der Waals surface area contributed by atoms with E-state index in [2.05, 4.69) is 5.32 Å². The predicted molar refractivity (Wildman–Crippen MR) is 109 cm³/mol. The molecule has 0 saturated heterocycles. The van der Waals surface area contributed by atoms with Gasteiger partial charge in [0.15, 0.2) is 0 Å². The molecule has 0 aliphatic rings. The minimum absolute atomic E-state index is 0.190. The summed E-state index contributed by atoms with van der Waals surface area (Å²) in [5.74, 6) is -1.13. The second-order valence-corrected chi connectivity index (χ2v) is 8.21. The first-order valence-corrected chi connectivity index (χ1v) is 10.6. The number of anilines is 2. The van der Waals surface area contributed by atoms with Gasteiger partial charge in [-0.2, -0.15) is 0 Å². The zero-order valence-electron chi connectivity index (χ0n) is 16.3. The number of carbonyl (C=O) groups excluding carboxylic acids is 2. The number of benzene rings is 2. The third-order valence-corrected chi connectivity index (χ3v) is 5.36. The lowest BCUT2D eigenvalue weighted by atomic mass is 10.1. The molecule has 28 heavy (non-hydrogen) atoms. The summed E-state index contributed by atoms with van der Waals surface area (Å²) in [5.41, 5.74) is 1.73. The number of ether oxygens (including phenoxy) is 1. The van der Waals surface area contributed by atoms with Crippen LogP contribution in [-0.4, -0.2) is 39.7 Å². The fourth-order valence-corrected chi connectivity index (χ4v) is 4.13. The summed E-state index contributed by atoms with van der Waals surface area (Å²) in [6.07, 6.45) is 1.31. The monoisotopic (exact) mass is 404 g/mol. The van der Waals surface area contributed by atoms with Gasteiger partial charge in [-0.25, -0.2) is 13.2 Å². The zero-order valence-corrected chi connectivity index (χ0v) is 17.1. The van der Waals surface area contributed by atoms with E-state index in [1.807, 2.05) is 13.0 Å². The molecule has 8 heteroatoms. The molecule has 0 aliphatic heterocycles. The maximum atomic E-state index is 13.0. The summed E-state index contributed by atoms with van der Waals surface area (Å²) < 4.78 is 30.8. The number of nitrogens with zero attached hydrogens (tertiary/aromatic N) is 1. The molecule has 0 unspecified atom stereocenters. The molecule has 1 atom stereocenters. The SMILES string of the molecule is CC[C@@H](C(=O)Nc1ccccc1C(=O)OC)N(c1cccc(C)c1)S(C)(=O)=O. The predicted octanol–water partition coefficient (Wildman–Crippen LogP) is 2.96. The lowest BCUT2D eigenvalue weighted by molar-refractivity contribution is -0.117. The second kappa shape index (κ2) is 8.88. The molecule has 0 bridgehead atoms. The van der Waals surface area contributed by atoms with E-state index < -0.39 is 27.9 Å². The Bertz CT molecular complexity index is 972. The van der Waals surface area contributed by atoms with Crippen LogP contribution in [0, 0.1) is 6.92 Å². The maximum absolute atomic E-state index is 13.0. The van der Waals surface area contributed by atoms with Gasteiger partial charge in [0.1, 0.15) is 6.04 Å². The van der Waals surface area contributed by atoms with Gasteiger partial charge in [-0.15, -0.1) is 0 Å². The lowest BCUT2D eigenvalue weighted by Gasteiger charge is -2.30. The number of aryl methyl sites for hydroxylation is 1. The van der Waals surface area contributed by atoms with E-state index in [1.54, 1.807) is 43.3 Å². The zero-order chi connectivity index (χ0) is 20.9. The van der Waals surface area contributed by atoms with Crippen molar-refractivity contribution in [1.29, 1.82) is 0 Å². The average molecular weight is 404 g/mol. The fourth-order valence-electron chi connectivity index (χ4n) is 2.92. The van der Waals surface area contributed by atoms with Crippen LogP contribution in [0.15, 0.2) is 48.5 Å². The van der Waals surface area contributed by atoms with Crippen LogP contribution in [0.1, 0.15) is 29.3 Å². The molecule has 150 valence electrons. The smallest absolute Gasteiger partial charge is 0.339 e. The van der Waals surface area contributed by atoms with Gasteiger partial charge in [0.25, 0.3) is 0 Å². The fraction of sp³-hybridized carbons (Fsp3) is 0.300. The first-order chi connectivity index (χ1) is 13.2. The molecule has 0 fully saturated rings. The van der Waals surface area contributed by atoms with Crippen molar-refractivity contribution in [3.05, 3.63) is 59.7 Å². The minimum atomic E-state index is -3.73. The van der Waals surface area contributed by atoms with Gasteiger partial charge < -0.3 is 10.1 Å². The molecule has 1 N–H and O–H groups in total. The van der Waals surface area contributed by atoms with Crippen LogP contribution in [0.25, 0.3) is 0 Å². The Balaban J connectivity index is 2.42. The van der Waals surface area contributed by atoms with E-state index in [4.69, 9.17) is 4.74 Å². The summed E-state index contributed by atoms with van der Waals surface area (Å²) in [4.78, 5) is 24.9. The molecular formula is C20H24N2O5S. The molecule has 0 heterocycles. The number of methoxy groups -OCH3 is 1. The summed E-state index contributed by atoms with van der Waals surface area (Å²) >= 11 is 0. The Morgan fingerprint density at radius 3 is 2.39 bits per heavy atom. The van der Waals surface area contributed by atoms with E-state index in [9.17, 15) is 18.0 Å². The van der Waals surface area contributed by atoms with Crippen molar-refractivity contribution in [2.24, 2.45) is 0 Å². The van der Waals surface area contributed by atoms with E-state index in [0.29, 0.717) is 5.69 Å². The van der Waals surface area contributed by atoms with E-state index in [0.717, 1.165) is 16.1 Å². The molecule has 0 aromatic heterocycles. The van der Waals surface area contributed by atoms with Crippen molar-refractivity contribution in [2.45, 2.75) is 26.3 Å². The standard InChI is InChI=1S/C20H24N2O5S/c1-5-18(22(28(4,25)26)15-10-8-9-14(2)13-15)19(23)21-17-12-7-6-11-16(17)20(24)27-3/h6-13,18H,5H2,1-4H3,(H,21,23)/t18-/m0/s1. The van der Waals surface area contributed by atoms with Gasteiger partial charge >= 0.3 is 5.97 Å². The maximum Gasteiger partial charge on any atom is 0.339 e. The molecule has 2 aromatic rings. The van der Waals surface area contributed by atoms with Gasteiger partial charge in [-0.1, -0.05) is 31.2 Å². The third kappa shape index (κ3) is 4.89. The Labute approximate surface area is 165 Å². The number of rotatable bonds is 7. The van der Waals surface area contributed by atoms with Gasteiger partial charge in [-0.05, 0) is 43.2 Å². The number of sulfonamides is 1. The van der Waals surface area contributed by atoms with E-state index in [-0.39, 0.29) is 17.7 Å². The van der Waals surface area contributed by atoms with Crippen molar-refractivity contribution >= 4 is 33.3 Å². The molecule has 0 radical (unpaired) electrons. The molecular weight excluding hydrogens is 380 g/mol. The van der Waals surface area contributed by atoms with Crippen LogP contribution in [-0.2, 0) is 19.6 Å². The molecule has 0 aliphatic carbocycles. The number of nitrogens with one attached hydrogen (secondary N) is 1. The van der Waals surface area contributed by atoms with Crippen molar-refractivity contribution in [3.63, 3.8) is 0 Å². The Kier molecular flexibility index (Phi) is 6.80. The largest absolute Gasteiger partial charge is 0.465 e. The number of hydrogen-bond donors (Lipinski definition) is 1. The number of hydrogen-bond acceptors (Lipinski definition) is 5. The first-order valence-electron chi connectivity index (χ1n) is 8.73. The van der Waals surface area contributed by atoms with Crippen molar-refractivity contribution < 1.29 is 22.7 Å². The van der Waals surface area contributed by atoms with Crippen LogP contribution in [0.2, 0.25) is 0 Å². The first kappa shape index (κ1) is 21.4. The summed E-state index contributed by atoms with van der Waals surface area (Å²) in [7, 11) is -2.48. The Morgan fingerprint density at radius 1 is 1.14 bits per heavy atom. The van der Waals surface area contributed by atoms with Crippen LogP contribution in [0.5, 0.6) is 0 Å². The highest BCUT2D eigenvalue weighted by molar-refractivity contribution is 7.92. The van der Waals surface area contributed by atoms with Crippen LogP contribution in [0.3, 0.4) is 0 Å². The van der Waals surface area contributed by atoms with Gasteiger partial charge in [0.05, 0.1) is 30.3 Å². The summed E-state index contributed by atoms with van der Waals surface area (Å²) in [6.45, 7) is 3.57. The quantitative estimate of drug-likeness (QED) is 0.716. The second-order valence-electron chi connectivity index (χ2n) is 6.35. The highest BCUT2D eigenvalue weighted by atomic mass is 32.2. The topological polar surface area (TPSA) is 92.8 Å². The lowest BCUT2D eigenvalue weighted by Crippen LogP contribution is -2.47. The van der Waals surface area contributed by atoms with Crippen LogP contribution >= 0.6 is 0 Å². The summed E-state index contributed by atoms with van der Waals surface area (Å²) in [5, 5.41) is 2.67. The van der Waals surface area contributed by atoms with Gasteiger partial charge in [0.2, 0.25) is 15.9 Å². The average Bonchev–Trinajstić information content (AvgIpc) is 2.64. The van der Waals surface area contributed by atoms with E-state index >= 15 is 0 Å². The van der Waals surface area contributed by atoms with Crippen molar-refractivity contribution in [1.82, 2.24) is 0 Å². The molecule has 0 spiro atoms. The third-order valence-electron chi connectivity index (χ3n) is 4.18. The number of esters is 1. The Hall–Kier alpha value is -2.87. The van der Waals surface area contributed by atoms with E-state index in [1.165, 1.54) is 13.2 Å². The molecule has 7 nitrogen and oxygen atoms in total. The normalized spacial score (nSPS) is 12.1. The highest BCUT2D eigenvalue weighted by Crippen LogP contribution is 2.25. The molecule has 1 amide bonds. The van der Waals surface area contributed by atoms with Gasteiger partial charge in [0, 0.05) is 0 Å². The van der Waals surface area contributed by atoms with Crippen molar-refractivity contribution in [2.75, 3.05) is 23.0 Å². The number of para-hydroxylation sites is 1. The van der Waals surface area contributed by atoms with Crippen molar-refractivity contribution in [3.8, 4) is 0 Å². The minimum Gasteiger partial charge on any atom is -0.465 e. The molecule has 2 rings (SSSR count). The highest BCUT2D eigenvalue weighted by Gasteiger charge is 2.32. The molecule has 2 aromatic carbocycles.